The third kappa shape index (κ3) is 3.50. The van der Waals surface area contributed by atoms with Gasteiger partial charge in [0.1, 0.15) is 5.75 Å². The molecule has 0 heterocycles. The maximum absolute atomic E-state index is 8.93. The summed E-state index contributed by atoms with van der Waals surface area (Å²) in [6.07, 6.45) is 0.833. The highest BCUT2D eigenvalue weighted by molar-refractivity contribution is 5.87. The first-order chi connectivity index (χ1) is 9.76. The van der Waals surface area contributed by atoms with Crippen molar-refractivity contribution < 1.29 is 9.84 Å². The van der Waals surface area contributed by atoms with E-state index >= 15 is 0 Å². The van der Waals surface area contributed by atoms with Crippen molar-refractivity contribution in [2.75, 3.05) is 20.3 Å². The second-order valence-corrected chi connectivity index (χ2v) is 5.22. The summed E-state index contributed by atoms with van der Waals surface area (Å²) in [6.45, 7) is 4.07. The molecule has 0 aliphatic heterocycles. The molecule has 0 radical (unpaired) electrons. The van der Waals surface area contributed by atoms with Crippen LogP contribution < -0.4 is 10.1 Å². The van der Waals surface area contributed by atoms with Crippen LogP contribution in [0.3, 0.4) is 0 Å². The molecule has 20 heavy (non-hydrogen) atoms. The van der Waals surface area contributed by atoms with Gasteiger partial charge in [-0.1, -0.05) is 37.3 Å². The van der Waals surface area contributed by atoms with E-state index < -0.39 is 0 Å². The maximum atomic E-state index is 8.93. The maximum Gasteiger partial charge on any atom is 0.123 e. The Bertz CT molecular complexity index is 554. The standard InChI is InChI=1S/C17H23NO2/c1-13(9-10-19)11-18-12-16-15-6-4-3-5-14(15)7-8-17(16)20-2/h3-8,13,18-19H,9-12H2,1-2H3. The van der Waals surface area contributed by atoms with Gasteiger partial charge < -0.3 is 15.2 Å². The lowest BCUT2D eigenvalue weighted by atomic mass is 10.0. The van der Waals surface area contributed by atoms with Gasteiger partial charge in [0.05, 0.1) is 7.11 Å². The summed E-state index contributed by atoms with van der Waals surface area (Å²) in [5.41, 5.74) is 1.20. The molecule has 2 N–H and O–H groups in total. The zero-order chi connectivity index (χ0) is 14.4. The average molecular weight is 273 g/mol. The lowest BCUT2D eigenvalue weighted by molar-refractivity contribution is 0.260. The van der Waals surface area contributed by atoms with Crippen LogP contribution in [-0.4, -0.2) is 25.4 Å². The molecule has 0 spiro atoms. The summed E-state index contributed by atoms with van der Waals surface area (Å²) < 4.78 is 5.48. The topological polar surface area (TPSA) is 41.5 Å². The SMILES string of the molecule is COc1ccc2ccccc2c1CNCC(C)CCO. The normalized spacial score (nSPS) is 12.6. The molecule has 0 saturated heterocycles. The third-order valence-corrected chi connectivity index (χ3v) is 3.63. The Balaban J connectivity index is 2.15. The number of fused-ring (bicyclic) bond motifs is 1. The number of rotatable bonds is 7. The number of aliphatic hydroxyl groups is 1. The van der Waals surface area contributed by atoms with Crippen molar-refractivity contribution in [3.05, 3.63) is 42.0 Å². The number of nitrogens with one attached hydrogen (secondary N) is 1. The Kier molecular flexibility index (Phi) is 5.39. The minimum absolute atomic E-state index is 0.250. The minimum atomic E-state index is 0.250. The zero-order valence-corrected chi connectivity index (χ0v) is 12.2. The van der Waals surface area contributed by atoms with Gasteiger partial charge in [0.15, 0.2) is 0 Å². The van der Waals surface area contributed by atoms with Crippen LogP contribution in [0.1, 0.15) is 18.9 Å². The average Bonchev–Trinajstić information content (AvgIpc) is 2.47. The monoisotopic (exact) mass is 273 g/mol. The summed E-state index contributed by atoms with van der Waals surface area (Å²) in [6, 6.07) is 12.5. The first kappa shape index (κ1) is 14.8. The van der Waals surface area contributed by atoms with Gasteiger partial charge in [-0.25, -0.2) is 0 Å². The highest BCUT2D eigenvalue weighted by Crippen LogP contribution is 2.27. The first-order valence-electron chi connectivity index (χ1n) is 7.12. The molecule has 0 aromatic heterocycles. The minimum Gasteiger partial charge on any atom is -0.496 e. The summed E-state index contributed by atoms with van der Waals surface area (Å²) in [7, 11) is 1.71. The summed E-state index contributed by atoms with van der Waals surface area (Å²) in [5, 5.41) is 14.9. The van der Waals surface area contributed by atoms with Gasteiger partial charge in [0, 0.05) is 18.7 Å². The number of hydrogen-bond donors (Lipinski definition) is 2. The van der Waals surface area contributed by atoms with Crippen molar-refractivity contribution in [1.29, 1.82) is 0 Å². The van der Waals surface area contributed by atoms with E-state index in [1.54, 1.807) is 7.11 Å². The molecule has 1 unspecified atom stereocenters. The predicted molar refractivity (Wildman–Crippen MR) is 83.1 cm³/mol. The zero-order valence-electron chi connectivity index (χ0n) is 12.2. The molecule has 1 atom stereocenters. The molecule has 0 aliphatic carbocycles. The van der Waals surface area contributed by atoms with Gasteiger partial charge in [-0.15, -0.1) is 0 Å². The molecule has 108 valence electrons. The van der Waals surface area contributed by atoms with E-state index in [2.05, 4.69) is 42.6 Å². The Morgan fingerprint density at radius 2 is 2.00 bits per heavy atom. The van der Waals surface area contributed by atoms with Gasteiger partial charge in [-0.05, 0) is 35.7 Å². The predicted octanol–water partition coefficient (Wildman–Crippen LogP) is 2.96. The van der Waals surface area contributed by atoms with Crippen molar-refractivity contribution in [1.82, 2.24) is 5.32 Å². The van der Waals surface area contributed by atoms with Crippen molar-refractivity contribution in [2.24, 2.45) is 5.92 Å². The lowest BCUT2D eigenvalue weighted by Gasteiger charge is -2.15. The molecule has 0 bridgehead atoms. The van der Waals surface area contributed by atoms with Crippen molar-refractivity contribution >= 4 is 10.8 Å². The van der Waals surface area contributed by atoms with Gasteiger partial charge in [0.2, 0.25) is 0 Å². The highest BCUT2D eigenvalue weighted by Gasteiger charge is 2.08. The molecule has 0 amide bonds. The van der Waals surface area contributed by atoms with E-state index in [0.29, 0.717) is 5.92 Å². The van der Waals surface area contributed by atoms with Crippen LogP contribution in [-0.2, 0) is 6.54 Å². The lowest BCUT2D eigenvalue weighted by Crippen LogP contribution is -2.21. The van der Waals surface area contributed by atoms with Crippen LogP contribution in [0.25, 0.3) is 10.8 Å². The van der Waals surface area contributed by atoms with Crippen LogP contribution in [0.5, 0.6) is 5.75 Å². The third-order valence-electron chi connectivity index (χ3n) is 3.63. The summed E-state index contributed by atoms with van der Waals surface area (Å²) >= 11 is 0. The van der Waals surface area contributed by atoms with Crippen molar-refractivity contribution in [2.45, 2.75) is 19.9 Å². The fourth-order valence-electron chi connectivity index (χ4n) is 2.46. The van der Waals surface area contributed by atoms with E-state index in [4.69, 9.17) is 9.84 Å². The number of aliphatic hydroxyl groups excluding tert-OH is 1. The molecular weight excluding hydrogens is 250 g/mol. The van der Waals surface area contributed by atoms with Crippen LogP contribution in [0, 0.1) is 5.92 Å². The van der Waals surface area contributed by atoms with E-state index in [0.717, 1.165) is 25.3 Å². The largest absolute Gasteiger partial charge is 0.496 e. The quantitative estimate of drug-likeness (QED) is 0.815. The van der Waals surface area contributed by atoms with Crippen molar-refractivity contribution in [3.63, 3.8) is 0 Å². The van der Waals surface area contributed by atoms with E-state index in [-0.39, 0.29) is 6.61 Å². The number of methoxy groups -OCH3 is 1. The smallest absolute Gasteiger partial charge is 0.123 e. The van der Waals surface area contributed by atoms with Crippen LogP contribution >= 0.6 is 0 Å². The molecular formula is C17H23NO2. The van der Waals surface area contributed by atoms with Gasteiger partial charge in [-0.3, -0.25) is 0 Å². The number of ether oxygens (including phenoxy) is 1. The van der Waals surface area contributed by atoms with Crippen molar-refractivity contribution in [3.8, 4) is 5.75 Å². The van der Waals surface area contributed by atoms with Crippen LogP contribution in [0.2, 0.25) is 0 Å². The molecule has 3 heteroatoms. The number of benzene rings is 2. The Labute approximate surface area is 120 Å². The summed E-state index contributed by atoms with van der Waals surface area (Å²) in [5.74, 6) is 1.40. The number of hydrogen-bond acceptors (Lipinski definition) is 3. The van der Waals surface area contributed by atoms with Gasteiger partial charge >= 0.3 is 0 Å². The van der Waals surface area contributed by atoms with E-state index in [1.807, 2.05) is 6.07 Å². The van der Waals surface area contributed by atoms with E-state index in [9.17, 15) is 0 Å². The molecule has 3 nitrogen and oxygen atoms in total. The van der Waals surface area contributed by atoms with Gasteiger partial charge in [0.25, 0.3) is 0 Å². The molecule has 2 aromatic rings. The van der Waals surface area contributed by atoms with Crippen LogP contribution in [0.4, 0.5) is 0 Å². The van der Waals surface area contributed by atoms with Crippen LogP contribution in [0.15, 0.2) is 36.4 Å². The second-order valence-electron chi connectivity index (χ2n) is 5.22. The molecule has 2 aromatic carbocycles. The Morgan fingerprint density at radius 1 is 1.20 bits per heavy atom. The van der Waals surface area contributed by atoms with Gasteiger partial charge in [-0.2, -0.15) is 0 Å². The molecule has 0 fully saturated rings. The Hall–Kier alpha value is -1.58. The fraction of sp³-hybridized carbons (Fsp3) is 0.412. The fourth-order valence-corrected chi connectivity index (χ4v) is 2.46. The first-order valence-corrected chi connectivity index (χ1v) is 7.12. The van der Waals surface area contributed by atoms with E-state index in [1.165, 1.54) is 16.3 Å². The molecule has 0 aliphatic rings. The Morgan fingerprint density at radius 3 is 2.75 bits per heavy atom. The second kappa shape index (κ2) is 7.27. The highest BCUT2D eigenvalue weighted by atomic mass is 16.5. The molecule has 0 saturated carbocycles. The summed E-state index contributed by atoms with van der Waals surface area (Å²) in [4.78, 5) is 0. The molecule has 2 rings (SSSR count).